The average molecular weight is 352 g/mol. The smallest absolute Gasteiger partial charge is 0.175 e. The third kappa shape index (κ3) is 4.04. The van der Waals surface area contributed by atoms with Gasteiger partial charge in [-0.3, -0.25) is 0 Å². The minimum Gasteiger partial charge on any atom is -0.507 e. The predicted molar refractivity (Wildman–Crippen MR) is 96.3 cm³/mol. The van der Waals surface area contributed by atoms with Gasteiger partial charge in [0, 0.05) is 29.7 Å². The Morgan fingerprint density at radius 2 is 1.80 bits per heavy atom. The van der Waals surface area contributed by atoms with E-state index in [1.807, 2.05) is 13.8 Å². The zero-order chi connectivity index (χ0) is 18.6. The largest absolute Gasteiger partial charge is 0.507 e. The number of aromatic nitrogens is 2. The molecule has 1 aromatic carbocycles. The lowest BCUT2D eigenvalue weighted by atomic mass is 10.1. The third-order valence-corrected chi connectivity index (χ3v) is 4.60. The second-order valence-electron chi connectivity index (χ2n) is 5.28. The lowest BCUT2D eigenvalue weighted by molar-refractivity contribution is 0.476. The molecule has 2 aromatic rings. The summed E-state index contributed by atoms with van der Waals surface area (Å²) in [4.78, 5) is 0.107. The van der Waals surface area contributed by atoms with Crippen molar-refractivity contribution in [2.24, 2.45) is 0 Å². The molecule has 0 fully saturated rings. The molecular weight excluding hydrogens is 336 g/mol. The number of aromatic hydroxyl groups is 1. The molecule has 1 N–H and O–H groups in total. The molecule has 0 aliphatic rings. The highest BCUT2D eigenvalue weighted by molar-refractivity contribution is 7.90. The highest BCUT2D eigenvalue weighted by Gasteiger charge is 2.19. The van der Waals surface area contributed by atoms with Crippen molar-refractivity contribution in [3.8, 4) is 52.7 Å². The summed E-state index contributed by atoms with van der Waals surface area (Å²) in [5.41, 5.74) is 2.37. The maximum absolute atomic E-state index is 11.8. The fraction of sp³-hybridized carbons (Fsp3) is 0.211. The van der Waals surface area contributed by atoms with Gasteiger partial charge in [-0.2, -0.15) is 9.78 Å². The van der Waals surface area contributed by atoms with Crippen molar-refractivity contribution in [3.05, 3.63) is 29.5 Å². The number of sulfone groups is 1. The van der Waals surface area contributed by atoms with Crippen molar-refractivity contribution in [2.75, 3.05) is 6.26 Å². The van der Waals surface area contributed by atoms with E-state index in [1.54, 1.807) is 6.92 Å². The molecule has 0 saturated carbocycles. The number of rotatable bonds is 2. The van der Waals surface area contributed by atoms with Gasteiger partial charge in [-0.15, -0.1) is 0 Å². The molecule has 0 saturated heterocycles. The van der Waals surface area contributed by atoms with Gasteiger partial charge in [-0.1, -0.05) is 5.92 Å². The molecule has 0 bridgehead atoms. The van der Waals surface area contributed by atoms with E-state index >= 15 is 0 Å². The Morgan fingerprint density at radius 1 is 1.12 bits per heavy atom. The lowest BCUT2D eigenvalue weighted by Crippen LogP contribution is -2.00. The van der Waals surface area contributed by atoms with Crippen LogP contribution in [0.5, 0.6) is 5.75 Å². The first-order chi connectivity index (χ1) is 11.8. The van der Waals surface area contributed by atoms with E-state index in [0.717, 1.165) is 17.5 Å². The van der Waals surface area contributed by atoms with Crippen LogP contribution in [0.4, 0.5) is 0 Å². The molecule has 25 heavy (non-hydrogen) atoms. The Hall–Kier alpha value is -3.14. The summed E-state index contributed by atoms with van der Waals surface area (Å²) >= 11 is 0. The summed E-state index contributed by atoms with van der Waals surface area (Å²) in [5, 5.41) is 14.5. The highest BCUT2D eigenvalue weighted by atomic mass is 32.2. The van der Waals surface area contributed by atoms with Crippen molar-refractivity contribution in [1.82, 2.24) is 9.78 Å². The molecule has 0 unspecified atom stereocenters. The highest BCUT2D eigenvalue weighted by Crippen LogP contribution is 2.34. The van der Waals surface area contributed by atoms with Gasteiger partial charge in [0.15, 0.2) is 9.84 Å². The number of phenols is 1. The van der Waals surface area contributed by atoms with Crippen LogP contribution in [0.1, 0.15) is 18.2 Å². The molecule has 0 radical (unpaired) electrons. The zero-order valence-electron chi connectivity index (χ0n) is 14.3. The Labute approximate surface area is 147 Å². The Morgan fingerprint density at radius 3 is 2.44 bits per heavy atom. The van der Waals surface area contributed by atoms with Gasteiger partial charge in [0.25, 0.3) is 0 Å². The molecule has 6 heteroatoms. The minimum atomic E-state index is -3.41. The number of phenolic OH excluding ortho intramolecular Hbond substituents is 1. The molecule has 1 heterocycles. The van der Waals surface area contributed by atoms with E-state index in [0.29, 0.717) is 11.3 Å². The number of aryl methyl sites for hydroxylation is 1. The molecule has 0 amide bonds. The molecular formula is C19H16N2O3S. The molecule has 0 aliphatic carbocycles. The monoisotopic (exact) mass is 352 g/mol. The quantitative estimate of drug-likeness (QED) is 0.841. The average Bonchev–Trinajstić information content (AvgIpc) is 2.81. The third-order valence-electron chi connectivity index (χ3n) is 3.49. The van der Waals surface area contributed by atoms with E-state index < -0.39 is 9.84 Å². The van der Waals surface area contributed by atoms with Crippen LogP contribution in [0.15, 0.2) is 23.1 Å². The SMILES string of the molecule is CC#CC#CC#Cn1nc(C)c(C)c1-c1cc(S(C)(=O)=O)ccc1O. The maximum atomic E-state index is 11.8. The fourth-order valence-corrected chi connectivity index (χ4v) is 2.79. The minimum absolute atomic E-state index is 0.0543. The van der Waals surface area contributed by atoms with Crippen molar-refractivity contribution in [2.45, 2.75) is 25.7 Å². The maximum Gasteiger partial charge on any atom is 0.175 e. The topological polar surface area (TPSA) is 72.2 Å². The van der Waals surface area contributed by atoms with E-state index in [4.69, 9.17) is 0 Å². The van der Waals surface area contributed by atoms with Crippen molar-refractivity contribution in [3.63, 3.8) is 0 Å². The molecule has 2 rings (SSSR count). The first kappa shape index (κ1) is 18.2. The van der Waals surface area contributed by atoms with Crippen LogP contribution >= 0.6 is 0 Å². The first-order valence-corrected chi connectivity index (χ1v) is 9.17. The standard InChI is InChI=1S/C19H16N2O3S/c1-5-6-7-8-9-12-21-19(14(2)15(3)20-21)17-13-16(25(4,23)24)10-11-18(17)22/h10-11,13,22H,1-4H3. The second-order valence-corrected chi connectivity index (χ2v) is 7.30. The summed E-state index contributed by atoms with van der Waals surface area (Å²) in [7, 11) is -3.41. The Bertz CT molecular complexity index is 1120. The number of nitrogens with zero attached hydrogens (tertiary/aromatic N) is 2. The first-order valence-electron chi connectivity index (χ1n) is 7.28. The van der Waals surface area contributed by atoms with E-state index in [9.17, 15) is 13.5 Å². The molecule has 126 valence electrons. The lowest BCUT2D eigenvalue weighted by Gasteiger charge is -2.08. The van der Waals surface area contributed by atoms with Crippen molar-refractivity contribution in [1.29, 1.82) is 0 Å². The Kier molecular flexibility index (Phi) is 5.22. The fourth-order valence-electron chi connectivity index (χ4n) is 2.14. The van der Waals surface area contributed by atoms with Gasteiger partial charge >= 0.3 is 0 Å². The Balaban J connectivity index is 2.68. The van der Waals surface area contributed by atoms with Crippen LogP contribution in [0.25, 0.3) is 11.3 Å². The van der Waals surface area contributed by atoms with Crippen LogP contribution in [-0.2, 0) is 9.84 Å². The van der Waals surface area contributed by atoms with Gasteiger partial charge in [0.2, 0.25) is 0 Å². The number of hydrogen-bond acceptors (Lipinski definition) is 4. The molecule has 0 spiro atoms. The molecule has 0 aliphatic heterocycles. The van der Waals surface area contributed by atoms with Crippen molar-refractivity contribution >= 4 is 9.84 Å². The van der Waals surface area contributed by atoms with Gasteiger partial charge in [-0.25, -0.2) is 8.42 Å². The van der Waals surface area contributed by atoms with E-state index in [1.165, 1.54) is 22.9 Å². The molecule has 5 nitrogen and oxygen atoms in total. The molecule has 0 atom stereocenters. The van der Waals surface area contributed by atoms with Gasteiger partial charge in [-0.05, 0) is 56.4 Å². The second kappa shape index (κ2) is 7.18. The summed E-state index contributed by atoms with van der Waals surface area (Å²) < 4.78 is 25.0. The summed E-state index contributed by atoms with van der Waals surface area (Å²) in [6.45, 7) is 5.32. The number of benzene rings is 1. The zero-order valence-corrected chi connectivity index (χ0v) is 15.1. The van der Waals surface area contributed by atoms with E-state index in [2.05, 4.69) is 40.7 Å². The van der Waals surface area contributed by atoms with Gasteiger partial charge in [0.05, 0.1) is 16.3 Å². The summed E-state index contributed by atoms with van der Waals surface area (Å²) in [6.07, 6.45) is 1.11. The van der Waals surface area contributed by atoms with Crippen LogP contribution in [-0.4, -0.2) is 29.6 Å². The van der Waals surface area contributed by atoms with Crippen LogP contribution in [0, 0.1) is 49.5 Å². The van der Waals surface area contributed by atoms with E-state index in [-0.39, 0.29) is 10.6 Å². The normalized spacial score (nSPS) is 9.92. The van der Waals surface area contributed by atoms with Gasteiger partial charge < -0.3 is 5.11 Å². The number of hydrogen-bond donors (Lipinski definition) is 1. The van der Waals surface area contributed by atoms with Crippen molar-refractivity contribution < 1.29 is 13.5 Å². The summed E-state index contributed by atoms with van der Waals surface area (Å²) in [6, 6.07) is 6.90. The van der Waals surface area contributed by atoms with Gasteiger partial charge in [0.1, 0.15) is 5.75 Å². The van der Waals surface area contributed by atoms with Crippen LogP contribution in [0.2, 0.25) is 0 Å². The molecule has 1 aromatic heterocycles. The summed E-state index contributed by atoms with van der Waals surface area (Å²) in [5.74, 6) is 13.0. The predicted octanol–water partition coefficient (Wildman–Crippen LogP) is 2.11. The van der Waals surface area contributed by atoms with Crippen LogP contribution in [0.3, 0.4) is 0 Å². The van der Waals surface area contributed by atoms with Crippen LogP contribution < -0.4 is 0 Å².